The molecule has 6 unspecified atom stereocenters. The molecule has 0 radical (unpaired) electrons. The molecule has 206 valence electrons. The third-order valence-corrected chi connectivity index (χ3v) is 6.31. The standard InChI is InChI=1S/C19H34O16/c1-30-17-13(28)15(9(24)6(3-21)31-17)35-19-14(29)16(10(25)7(4-22)33-19)34-18-12(27)11(26)8(23)5(2-20)32-18/h5-29H,2-4H2,1H3/t5?,6?,7?,8-,9-,10-,11-,12?,13?,14?,15-,16-,17+,18-,19-/m0/s1. The minimum atomic E-state index is -1.88. The molecule has 0 aromatic carbocycles. The van der Waals surface area contributed by atoms with Gasteiger partial charge < -0.3 is 79.5 Å². The van der Waals surface area contributed by atoms with Gasteiger partial charge >= 0.3 is 0 Å². The lowest BCUT2D eigenvalue weighted by Gasteiger charge is -2.48. The number of rotatable bonds is 8. The maximum atomic E-state index is 10.8. The third-order valence-electron chi connectivity index (χ3n) is 6.31. The highest BCUT2D eigenvalue weighted by Crippen LogP contribution is 2.32. The predicted octanol–water partition coefficient (Wildman–Crippen LogP) is -6.92. The molecule has 3 fully saturated rings. The fraction of sp³-hybridized carbons (Fsp3) is 1.00. The summed E-state index contributed by atoms with van der Waals surface area (Å²) in [6, 6.07) is 0. The van der Waals surface area contributed by atoms with Crippen molar-refractivity contribution in [1.82, 2.24) is 0 Å². The second-order valence-corrected chi connectivity index (χ2v) is 8.55. The van der Waals surface area contributed by atoms with Crippen LogP contribution >= 0.6 is 0 Å². The molecule has 15 atom stereocenters. The summed E-state index contributed by atoms with van der Waals surface area (Å²) in [5.74, 6) is 0. The second kappa shape index (κ2) is 12.3. The van der Waals surface area contributed by atoms with Gasteiger partial charge in [-0.1, -0.05) is 0 Å². The first-order chi connectivity index (χ1) is 16.6. The summed E-state index contributed by atoms with van der Waals surface area (Å²) in [6.45, 7) is -2.20. The summed E-state index contributed by atoms with van der Waals surface area (Å²) in [5, 5.41) is 101. The molecule has 0 bridgehead atoms. The topological polar surface area (TPSA) is 258 Å². The minimum absolute atomic E-state index is 0.664. The highest BCUT2D eigenvalue weighted by Gasteiger charge is 2.53. The van der Waals surface area contributed by atoms with Gasteiger partial charge in [-0.2, -0.15) is 0 Å². The van der Waals surface area contributed by atoms with Gasteiger partial charge in [0.2, 0.25) is 0 Å². The first kappa shape index (κ1) is 28.9. The van der Waals surface area contributed by atoms with Crippen LogP contribution in [0.3, 0.4) is 0 Å². The van der Waals surface area contributed by atoms with E-state index in [0.29, 0.717) is 0 Å². The van der Waals surface area contributed by atoms with E-state index in [1.54, 1.807) is 0 Å². The number of hydrogen-bond acceptors (Lipinski definition) is 16. The molecule has 0 aromatic heterocycles. The molecule has 0 aliphatic carbocycles. The van der Waals surface area contributed by atoms with Gasteiger partial charge in [0, 0.05) is 7.11 Å². The van der Waals surface area contributed by atoms with E-state index in [4.69, 9.17) is 28.4 Å². The second-order valence-electron chi connectivity index (χ2n) is 8.55. The van der Waals surface area contributed by atoms with Crippen molar-refractivity contribution >= 4 is 0 Å². The van der Waals surface area contributed by atoms with E-state index in [1.807, 2.05) is 0 Å². The van der Waals surface area contributed by atoms with E-state index in [2.05, 4.69) is 0 Å². The van der Waals surface area contributed by atoms with Crippen LogP contribution in [0.15, 0.2) is 0 Å². The lowest BCUT2D eigenvalue weighted by molar-refractivity contribution is -0.380. The lowest BCUT2D eigenvalue weighted by atomic mass is 9.96. The molecular formula is C19H34O16. The molecule has 16 nitrogen and oxygen atoms in total. The molecular weight excluding hydrogens is 484 g/mol. The summed E-state index contributed by atoms with van der Waals surface area (Å²) in [5.41, 5.74) is 0. The van der Waals surface area contributed by atoms with Gasteiger partial charge in [0.25, 0.3) is 0 Å². The zero-order chi connectivity index (χ0) is 26.0. The summed E-state index contributed by atoms with van der Waals surface area (Å²) in [7, 11) is 1.20. The van der Waals surface area contributed by atoms with Gasteiger partial charge in [0.1, 0.15) is 73.2 Å². The Morgan fingerprint density at radius 2 is 0.857 bits per heavy atom. The molecule has 3 rings (SSSR count). The summed E-state index contributed by atoms with van der Waals surface area (Å²) >= 11 is 0. The molecule has 0 saturated carbocycles. The Morgan fingerprint density at radius 3 is 1.29 bits per heavy atom. The minimum Gasteiger partial charge on any atom is -0.394 e. The molecule has 0 spiro atoms. The predicted molar refractivity (Wildman–Crippen MR) is 106 cm³/mol. The fourth-order valence-electron chi connectivity index (χ4n) is 4.22. The van der Waals surface area contributed by atoms with Crippen LogP contribution in [-0.2, 0) is 28.4 Å². The maximum Gasteiger partial charge on any atom is 0.187 e. The molecule has 3 aliphatic rings. The Bertz CT molecular complexity index is 638. The van der Waals surface area contributed by atoms with Crippen LogP contribution in [0.1, 0.15) is 0 Å². The third kappa shape index (κ3) is 5.78. The van der Waals surface area contributed by atoms with Gasteiger partial charge in [-0.3, -0.25) is 0 Å². The van der Waals surface area contributed by atoms with Crippen molar-refractivity contribution in [3.8, 4) is 0 Å². The van der Waals surface area contributed by atoms with E-state index in [0.717, 1.165) is 0 Å². The van der Waals surface area contributed by atoms with E-state index in [1.165, 1.54) is 7.11 Å². The smallest absolute Gasteiger partial charge is 0.187 e. The maximum absolute atomic E-state index is 10.8. The van der Waals surface area contributed by atoms with Gasteiger partial charge in [0.15, 0.2) is 18.9 Å². The number of ether oxygens (including phenoxy) is 6. The number of aliphatic hydroxyl groups is 10. The molecule has 3 aliphatic heterocycles. The number of hydrogen-bond donors (Lipinski definition) is 10. The molecule has 0 amide bonds. The SMILES string of the molecule is CO[C@@H]1OC(CO)[C@H](O)[C@H](O[C@@H]2OC(CO)[C@H](O)[C@H](O[C@@H]3OC(CO)[C@H](O)[C@H](O)C3O)C2O)C1O. The van der Waals surface area contributed by atoms with Crippen molar-refractivity contribution in [1.29, 1.82) is 0 Å². The van der Waals surface area contributed by atoms with Crippen LogP contribution in [0, 0.1) is 0 Å². The highest BCUT2D eigenvalue weighted by molar-refractivity contribution is 4.96. The van der Waals surface area contributed by atoms with Crippen molar-refractivity contribution in [2.45, 2.75) is 92.1 Å². The van der Waals surface area contributed by atoms with Crippen LogP contribution in [0.4, 0.5) is 0 Å². The number of aliphatic hydroxyl groups excluding tert-OH is 10. The monoisotopic (exact) mass is 518 g/mol. The average Bonchev–Trinajstić information content (AvgIpc) is 2.85. The summed E-state index contributed by atoms with van der Waals surface area (Å²) in [4.78, 5) is 0. The fourth-order valence-corrected chi connectivity index (χ4v) is 4.22. The number of methoxy groups -OCH3 is 1. The van der Waals surface area contributed by atoms with Crippen LogP contribution in [0.5, 0.6) is 0 Å². The Morgan fingerprint density at radius 1 is 0.486 bits per heavy atom. The van der Waals surface area contributed by atoms with Gasteiger partial charge in [-0.25, -0.2) is 0 Å². The van der Waals surface area contributed by atoms with Gasteiger partial charge in [-0.15, -0.1) is 0 Å². The zero-order valence-corrected chi connectivity index (χ0v) is 18.7. The van der Waals surface area contributed by atoms with Crippen molar-refractivity contribution < 1.29 is 79.5 Å². The molecule has 0 aromatic rings. The molecule has 3 saturated heterocycles. The lowest BCUT2D eigenvalue weighted by Crippen LogP contribution is -2.66. The molecule has 3 heterocycles. The van der Waals surface area contributed by atoms with Crippen LogP contribution in [0.25, 0.3) is 0 Å². The van der Waals surface area contributed by atoms with Crippen LogP contribution in [0.2, 0.25) is 0 Å². The van der Waals surface area contributed by atoms with Crippen molar-refractivity contribution in [3.63, 3.8) is 0 Å². The van der Waals surface area contributed by atoms with Gasteiger partial charge in [-0.05, 0) is 0 Å². The van der Waals surface area contributed by atoms with E-state index in [9.17, 15) is 51.1 Å². The molecule has 35 heavy (non-hydrogen) atoms. The summed E-state index contributed by atoms with van der Waals surface area (Å²) < 4.78 is 31.8. The first-order valence-corrected chi connectivity index (χ1v) is 11.0. The Labute approximate surface area is 199 Å². The highest BCUT2D eigenvalue weighted by atomic mass is 16.8. The molecule has 10 N–H and O–H groups in total. The van der Waals surface area contributed by atoms with Crippen molar-refractivity contribution in [2.75, 3.05) is 26.9 Å². The average molecular weight is 518 g/mol. The van der Waals surface area contributed by atoms with E-state index < -0.39 is 112 Å². The van der Waals surface area contributed by atoms with Crippen LogP contribution in [-0.4, -0.2) is 170 Å². The van der Waals surface area contributed by atoms with E-state index in [-0.39, 0.29) is 0 Å². The summed E-state index contributed by atoms with van der Waals surface area (Å²) in [6.07, 6.45) is -24.1. The molecule has 16 heteroatoms. The van der Waals surface area contributed by atoms with Gasteiger partial charge in [0.05, 0.1) is 19.8 Å². The van der Waals surface area contributed by atoms with Crippen molar-refractivity contribution in [2.24, 2.45) is 0 Å². The van der Waals surface area contributed by atoms with E-state index >= 15 is 0 Å². The Hall–Kier alpha value is -0.640. The Balaban J connectivity index is 1.79. The van der Waals surface area contributed by atoms with Crippen LogP contribution < -0.4 is 0 Å². The largest absolute Gasteiger partial charge is 0.394 e. The first-order valence-electron chi connectivity index (χ1n) is 11.0. The normalized spacial score (nSPS) is 51.3. The van der Waals surface area contributed by atoms with Crippen molar-refractivity contribution in [3.05, 3.63) is 0 Å². The zero-order valence-electron chi connectivity index (χ0n) is 18.7. The quantitative estimate of drug-likeness (QED) is 0.143. The Kier molecular flexibility index (Phi) is 10.1.